The van der Waals surface area contributed by atoms with Crippen molar-refractivity contribution in [2.75, 3.05) is 0 Å². The molecule has 0 aliphatic rings. The Morgan fingerprint density at radius 3 is 0.750 bits per heavy atom. The number of quaternary nitrogens is 1. The standard InChI is InChI=1S/H3N.2H2O.Ti/h1H3;2*1H2;/p-1. The van der Waals surface area contributed by atoms with Gasteiger partial charge in [-0.25, -0.2) is 0 Å². The maximum Gasteiger partial charge on any atom is 0 e. The summed E-state index contributed by atoms with van der Waals surface area (Å²) in [4.78, 5) is 0. The van der Waals surface area contributed by atoms with E-state index in [4.69, 9.17) is 0 Å². The van der Waals surface area contributed by atoms with Gasteiger partial charge in [-0.15, -0.1) is 0 Å². The smallest absolute Gasteiger partial charge is 0 e. The van der Waals surface area contributed by atoms with Crippen molar-refractivity contribution in [1.29, 1.82) is 0 Å². The van der Waals surface area contributed by atoms with Crippen LogP contribution in [-0.4, -0.2) is 11.0 Å². The topological polar surface area (TPSA) is 96.5 Å². The molecule has 3 nitrogen and oxygen atoms in total. The average molecular weight is 99.9 g/mol. The van der Waals surface area contributed by atoms with Crippen molar-refractivity contribution in [3.8, 4) is 0 Å². The first-order chi connectivity index (χ1) is 0. The van der Waals surface area contributed by atoms with E-state index in [2.05, 4.69) is 0 Å². The molecular formula is H6NO2Ti-. The SMILES string of the molecule is [NH4+].[OH-].[OH-].[Ti]. The van der Waals surface area contributed by atoms with Gasteiger partial charge in [-0.3, -0.25) is 0 Å². The van der Waals surface area contributed by atoms with Crippen LogP contribution in [0.25, 0.3) is 0 Å². The molecule has 0 radical (unpaired) electrons. The zero-order chi connectivity index (χ0) is 0. The van der Waals surface area contributed by atoms with Gasteiger partial charge in [0.05, 0.1) is 0 Å². The van der Waals surface area contributed by atoms with E-state index in [1.54, 1.807) is 0 Å². The van der Waals surface area contributed by atoms with Gasteiger partial charge in [0.15, 0.2) is 0 Å². The Hall–Kier alpha value is 0.594. The minimum atomic E-state index is 0. The van der Waals surface area contributed by atoms with Crippen molar-refractivity contribution < 1.29 is 32.7 Å². The van der Waals surface area contributed by atoms with Crippen molar-refractivity contribution in [3.05, 3.63) is 0 Å². The molecule has 0 aromatic rings. The van der Waals surface area contributed by atoms with E-state index in [1.807, 2.05) is 0 Å². The summed E-state index contributed by atoms with van der Waals surface area (Å²) >= 11 is 0. The Morgan fingerprint density at radius 1 is 0.750 bits per heavy atom. The summed E-state index contributed by atoms with van der Waals surface area (Å²) in [6.07, 6.45) is 0. The van der Waals surface area contributed by atoms with E-state index in [0.29, 0.717) is 0 Å². The summed E-state index contributed by atoms with van der Waals surface area (Å²) < 4.78 is 0. The molecule has 0 saturated carbocycles. The van der Waals surface area contributed by atoms with Crippen molar-refractivity contribution >= 4 is 0 Å². The van der Waals surface area contributed by atoms with Crippen molar-refractivity contribution in [3.63, 3.8) is 0 Å². The van der Waals surface area contributed by atoms with Crippen LogP contribution < -0.4 is 6.15 Å². The quantitative estimate of drug-likeness (QED) is 0.434. The van der Waals surface area contributed by atoms with Crippen molar-refractivity contribution in [1.82, 2.24) is 6.15 Å². The predicted octanol–water partition coefficient (Wildman–Crippen LogP) is 0.0201. The molecule has 0 bridgehead atoms. The van der Waals surface area contributed by atoms with Crippen LogP contribution in [0, 0.1) is 0 Å². The summed E-state index contributed by atoms with van der Waals surface area (Å²) in [5.74, 6) is 0. The van der Waals surface area contributed by atoms with E-state index in [9.17, 15) is 0 Å². The molecule has 6 N–H and O–H groups in total. The third-order valence-corrected chi connectivity index (χ3v) is 0. The minimum Gasteiger partial charge on any atom is -0.870 e. The number of rotatable bonds is 0. The van der Waals surface area contributed by atoms with Gasteiger partial charge in [0.25, 0.3) is 0 Å². The zero-order valence-corrected chi connectivity index (χ0v) is 3.96. The molecule has 0 saturated heterocycles. The second-order valence-corrected chi connectivity index (χ2v) is 0. The largest absolute Gasteiger partial charge is 0.870 e. The van der Waals surface area contributed by atoms with Crippen molar-refractivity contribution in [2.24, 2.45) is 0 Å². The van der Waals surface area contributed by atoms with Gasteiger partial charge < -0.3 is 17.1 Å². The summed E-state index contributed by atoms with van der Waals surface area (Å²) in [6, 6.07) is 0. The van der Waals surface area contributed by atoms with Gasteiger partial charge in [0.2, 0.25) is 0 Å². The van der Waals surface area contributed by atoms with Crippen LogP contribution in [0.15, 0.2) is 0 Å². The summed E-state index contributed by atoms with van der Waals surface area (Å²) in [5.41, 5.74) is 0. The third-order valence-electron chi connectivity index (χ3n) is 0. The predicted molar refractivity (Wildman–Crippen MR) is 9.86 cm³/mol. The molecular weight excluding hydrogens is 93.9 g/mol. The first-order valence-electron chi connectivity index (χ1n) is 0. The molecule has 0 atom stereocenters. The van der Waals surface area contributed by atoms with Gasteiger partial charge in [-0.1, -0.05) is 0 Å². The van der Waals surface area contributed by atoms with Crippen LogP contribution in [0.1, 0.15) is 0 Å². The zero-order valence-electron chi connectivity index (χ0n) is 2.39. The van der Waals surface area contributed by atoms with E-state index in [0.717, 1.165) is 0 Å². The fraction of sp³-hybridized carbons (Fsp3) is 0. The maximum atomic E-state index is 0. The van der Waals surface area contributed by atoms with Gasteiger partial charge in [-0.05, 0) is 0 Å². The second kappa shape index (κ2) is 68.5. The molecule has 0 aliphatic carbocycles. The second-order valence-electron chi connectivity index (χ2n) is 0. The molecule has 0 aliphatic heterocycles. The Labute approximate surface area is 39.5 Å². The van der Waals surface area contributed by atoms with Crippen LogP contribution in [0.3, 0.4) is 0 Å². The van der Waals surface area contributed by atoms with E-state index < -0.39 is 0 Å². The first kappa shape index (κ1) is 168. The van der Waals surface area contributed by atoms with Gasteiger partial charge in [0.1, 0.15) is 0 Å². The third kappa shape index (κ3) is 18.7. The molecule has 0 aromatic carbocycles. The van der Waals surface area contributed by atoms with Crippen LogP contribution in [0.5, 0.6) is 0 Å². The monoisotopic (exact) mass is 100.0 g/mol. The molecule has 28 valence electrons. The molecule has 4 heteroatoms. The Bertz CT molecular complexity index is 6.00. The first-order valence-corrected chi connectivity index (χ1v) is 0. The van der Waals surface area contributed by atoms with Gasteiger partial charge in [-0.2, -0.15) is 0 Å². The number of hydrogen-bond donors (Lipinski definition) is 1. The van der Waals surface area contributed by atoms with E-state index >= 15 is 0 Å². The Balaban J connectivity index is 0. The molecule has 0 heterocycles. The average Bonchev–Trinajstić information content (AvgIpc) is 0. The van der Waals surface area contributed by atoms with Crippen LogP contribution in [-0.2, 0) is 21.7 Å². The summed E-state index contributed by atoms with van der Waals surface area (Å²) in [7, 11) is 0. The summed E-state index contributed by atoms with van der Waals surface area (Å²) in [5, 5.41) is 0. The van der Waals surface area contributed by atoms with Crippen LogP contribution in [0.2, 0.25) is 0 Å². The van der Waals surface area contributed by atoms with Gasteiger partial charge >= 0.3 is 0 Å². The normalized spacial score (nSPS) is 0. The minimum absolute atomic E-state index is 0. The number of hydrogen-bond acceptors (Lipinski definition) is 2. The Morgan fingerprint density at radius 2 is 0.750 bits per heavy atom. The fourth-order valence-electron chi connectivity index (χ4n) is 0. The Kier molecular flexibility index (Phi) is 2880. The molecule has 0 aromatic heterocycles. The molecule has 0 amide bonds. The molecule has 0 rings (SSSR count). The molecule has 0 fully saturated rings. The van der Waals surface area contributed by atoms with Crippen molar-refractivity contribution in [2.45, 2.75) is 0 Å². The van der Waals surface area contributed by atoms with E-state index in [-0.39, 0.29) is 38.8 Å². The molecule has 4 heavy (non-hydrogen) atoms. The fourth-order valence-corrected chi connectivity index (χ4v) is 0. The molecule has 0 unspecified atom stereocenters. The molecule has 0 spiro atoms. The van der Waals surface area contributed by atoms with Crippen LogP contribution in [0.4, 0.5) is 0 Å². The summed E-state index contributed by atoms with van der Waals surface area (Å²) in [6.45, 7) is 0. The van der Waals surface area contributed by atoms with E-state index in [1.165, 1.54) is 0 Å². The van der Waals surface area contributed by atoms with Crippen LogP contribution >= 0.6 is 0 Å². The maximum absolute atomic E-state index is 0. The van der Waals surface area contributed by atoms with Gasteiger partial charge in [0, 0.05) is 21.7 Å².